The van der Waals surface area contributed by atoms with Crippen LogP contribution in [-0.4, -0.2) is 19.1 Å². The predicted octanol–water partition coefficient (Wildman–Crippen LogP) is 1.96. The third-order valence-corrected chi connectivity index (χ3v) is 1.98. The van der Waals surface area contributed by atoms with Crippen molar-refractivity contribution >= 4 is 0 Å². The molecule has 0 saturated carbocycles. The maximum Gasteiger partial charge on any atom is 0.105 e. The molecule has 0 bridgehead atoms. The van der Waals surface area contributed by atoms with Crippen LogP contribution >= 0.6 is 0 Å². The van der Waals surface area contributed by atoms with E-state index in [4.69, 9.17) is 0 Å². The van der Waals surface area contributed by atoms with Crippen molar-refractivity contribution in [1.29, 1.82) is 0 Å². The van der Waals surface area contributed by atoms with Gasteiger partial charge in [-0.3, -0.25) is 4.98 Å². The van der Waals surface area contributed by atoms with Crippen molar-refractivity contribution in [3.05, 3.63) is 43.4 Å². The zero-order valence-corrected chi connectivity index (χ0v) is 11.5. The molecule has 0 atom stereocenters. The zero-order chi connectivity index (χ0) is 10.6. The summed E-state index contributed by atoms with van der Waals surface area (Å²) in [6.07, 6.45) is 7.30. The Morgan fingerprint density at radius 3 is 1.69 bits per heavy atom. The predicted molar refractivity (Wildman–Crippen MR) is 62.3 cm³/mol. The summed E-state index contributed by atoms with van der Waals surface area (Å²) in [4.78, 5) is 7.85. The van der Waals surface area contributed by atoms with Crippen molar-refractivity contribution in [2.24, 2.45) is 14.1 Å². The molecule has 93 valence electrons. The largest absolute Gasteiger partial charge is 0.364 e. The molecule has 0 aromatic carbocycles. The molecule has 0 saturated heterocycles. The maximum atomic E-state index is 3.98. The number of aryl methyl sites for hydroxylation is 3. The van der Waals surface area contributed by atoms with Crippen molar-refractivity contribution in [3.8, 4) is 0 Å². The maximum absolute atomic E-state index is 3.98. The summed E-state index contributed by atoms with van der Waals surface area (Å²) >= 11 is 0. The fraction of sp³-hybridized carbons (Fsp3) is 0.364. The summed E-state index contributed by atoms with van der Waals surface area (Å²) < 4.78 is 3.83. The topological polar surface area (TPSA) is 35.6 Å². The average molecular weight is 400 g/mol. The van der Waals surface area contributed by atoms with Gasteiger partial charge in [-0.25, -0.2) is 4.98 Å². The van der Waals surface area contributed by atoms with Crippen molar-refractivity contribution in [2.75, 3.05) is 0 Å². The summed E-state index contributed by atoms with van der Waals surface area (Å²) in [5.74, 6) is 1.86. The van der Waals surface area contributed by atoms with Gasteiger partial charge in [0.25, 0.3) is 0 Å². The summed E-state index contributed by atoms with van der Waals surface area (Å²) in [7, 11) is 3.89. The van der Waals surface area contributed by atoms with Gasteiger partial charge in [0, 0.05) is 59.0 Å². The molecule has 2 aromatic rings. The monoisotopic (exact) mass is 400 g/mol. The van der Waals surface area contributed by atoms with Crippen LogP contribution < -0.4 is 0 Å². The molecule has 0 aliphatic rings. The van der Waals surface area contributed by atoms with Crippen molar-refractivity contribution in [1.82, 2.24) is 19.1 Å². The second kappa shape index (κ2) is 8.13. The smallest absolute Gasteiger partial charge is 0.105 e. The molecule has 0 fully saturated rings. The fourth-order valence-electron chi connectivity index (χ4n) is 0.837. The second-order valence-corrected chi connectivity index (χ2v) is 3.04. The number of hydrogen-bond donors (Lipinski definition) is 0. The molecule has 0 unspecified atom stereocenters. The molecule has 16 heavy (non-hydrogen) atoms. The van der Waals surface area contributed by atoms with E-state index in [0.717, 1.165) is 11.6 Å². The Balaban J connectivity index is 0. The number of nitrogens with zero attached hydrogens (tertiary/aromatic N) is 4. The fourth-order valence-corrected chi connectivity index (χ4v) is 0.837. The third-order valence-electron chi connectivity index (χ3n) is 1.98. The Bertz CT molecular complexity index is 321. The summed E-state index contributed by atoms with van der Waals surface area (Å²) in [6, 6.07) is 0. The van der Waals surface area contributed by atoms with Gasteiger partial charge < -0.3 is 16.1 Å². The number of hydrogen-bond acceptors (Lipinski definition) is 2. The van der Waals surface area contributed by atoms with Crippen molar-refractivity contribution < 1.29 is 20.1 Å². The van der Waals surface area contributed by atoms with Crippen LogP contribution in [0, 0.1) is 13.8 Å². The average Bonchev–Trinajstić information content (AvgIpc) is 2.67. The van der Waals surface area contributed by atoms with Crippen LogP contribution in [0.3, 0.4) is 0 Å². The Morgan fingerprint density at radius 2 is 1.56 bits per heavy atom. The van der Waals surface area contributed by atoms with Gasteiger partial charge in [0.2, 0.25) is 0 Å². The molecule has 1 radical (unpaired) electrons. The van der Waals surface area contributed by atoms with Gasteiger partial charge in [0.05, 0.1) is 0 Å². The molecule has 2 rings (SSSR count). The number of imidazole rings is 2. The molecule has 2 heterocycles. The molecule has 0 amide bonds. The second-order valence-electron chi connectivity index (χ2n) is 3.04. The van der Waals surface area contributed by atoms with Gasteiger partial charge in [-0.1, -0.05) is 7.43 Å². The van der Waals surface area contributed by atoms with Crippen molar-refractivity contribution in [2.45, 2.75) is 14.4 Å². The molecule has 4 nitrogen and oxygen atoms in total. The minimum absolute atomic E-state index is 0. The van der Waals surface area contributed by atoms with E-state index in [9.17, 15) is 0 Å². The Hall–Kier alpha value is -1.06. The molecule has 0 spiro atoms. The molecule has 2 aromatic heterocycles. The van der Waals surface area contributed by atoms with Crippen LogP contribution in [0.2, 0.25) is 0 Å². The Morgan fingerprint density at radius 1 is 1.06 bits per heavy atom. The summed E-state index contributed by atoms with van der Waals surface area (Å²) in [5, 5.41) is 0. The molecule has 0 aliphatic heterocycles. The van der Waals surface area contributed by atoms with Gasteiger partial charge in [-0.15, -0.1) is 0 Å². The van der Waals surface area contributed by atoms with Gasteiger partial charge in [-0.2, -0.15) is 0 Å². The number of rotatable bonds is 0. The van der Waals surface area contributed by atoms with E-state index in [0.29, 0.717) is 0 Å². The summed E-state index contributed by atoms with van der Waals surface area (Å²) in [5.41, 5.74) is 0. The van der Waals surface area contributed by atoms with Crippen molar-refractivity contribution in [3.63, 3.8) is 0 Å². The minimum Gasteiger partial charge on any atom is -0.364 e. The van der Waals surface area contributed by atoms with E-state index < -0.39 is 0 Å². The van der Waals surface area contributed by atoms with E-state index in [1.165, 1.54) is 0 Å². The molecular weight excluding hydrogens is 380 g/mol. The van der Waals surface area contributed by atoms with Crippen LogP contribution in [0.1, 0.15) is 19.1 Å². The molecule has 0 aliphatic carbocycles. The standard InChI is InChI=1S/C5H8N2.C5H7N2.CH4.Ir/c2*1-5-6-3-4-7(5)2;;/h3-4H,1-2H3;3-4H,1H2,2H3;1H4;/q;-1;;. The first-order chi connectivity index (χ1) is 6.61. The first-order valence-electron chi connectivity index (χ1n) is 4.34. The van der Waals surface area contributed by atoms with Crippen LogP contribution in [0.4, 0.5) is 0 Å². The van der Waals surface area contributed by atoms with Crippen LogP contribution in [0.15, 0.2) is 24.8 Å². The Labute approximate surface area is 111 Å². The van der Waals surface area contributed by atoms with E-state index in [-0.39, 0.29) is 27.5 Å². The van der Waals surface area contributed by atoms with Gasteiger partial charge in [0.15, 0.2) is 0 Å². The normalized spacial score (nSPS) is 8.19. The van der Waals surface area contributed by atoms with Crippen LogP contribution in [0.5, 0.6) is 0 Å². The molecular formula is C11H19IrN4-. The Kier molecular flexibility index (Phi) is 8.81. The van der Waals surface area contributed by atoms with Crippen LogP contribution in [0.25, 0.3) is 0 Å². The quantitative estimate of drug-likeness (QED) is 0.635. The van der Waals surface area contributed by atoms with Gasteiger partial charge >= 0.3 is 0 Å². The van der Waals surface area contributed by atoms with Crippen LogP contribution in [-0.2, 0) is 34.2 Å². The van der Waals surface area contributed by atoms with E-state index in [1.807, 2.05) is 42.5 Å². The van der Waals surface area contributed by atoms with Gasteiger partial charge in [-0.05, 0) is 12.7 Å². The first kappa shape index (κ1) is 17.3. The van der Waals surface area contributed by atoms with E-state index in [2.05, 4.69) is 16.9 Å². The van der Waals surface area contributed by atoms with E-state index in [1.54, 1.807) is 12.4 Å². The zero-order valence-electron chi connectivity index (χ0n) is 9.14. The first-order valence-corrected chi connectivity index (χ1v) is 4.34. The number of aromatic nitrogens is 4. The summed E-state index contributed by atoms with van der Waals surface area (Å²) in [6.45, 7) is 5.60. The molecule has 0 N–H and O–H groups in total. The third kappa shape index (κ3) is 5.14. The van der Waals surface area contributed by atoms with Gasteiger partial charge in [0.1, 0.15) is 5.82 Å². The molecule has 5 heteroatoms. The van der Waals surface area contributed by atoms with E-state index >= 15 is 0 Å². The SMILES string of the molecule is C.Cc1nccn1C.[CH2-]c1nccn1C.[Ir]. The minimum atomic E-state index is 0.